The summed E-state index contributed by atoms with van der Waals surface area (Å²) in [6.45, 7) is 7.72. The Morgan fingerprint density at radius 3 is 2.45 bits per heavy atom. The molecule has 0 aliphatic heterocycles. The van der Waals surface area contributed by atoms with Crippen LogP contribution in [-0.4, -0.2) is 22.6 Å². The van der Waals surface area contributed by atoms with E-state index in [-0.39, 0.29) is 17.6 Å². The number of nitrogens with one attached hydrogen (secondary N) is 2. The topological polar surface area (TPSA) is 71.1 Å². The van der Waals surface area contributed by atoms with Crippen molar-refractivity contribution in [3.05, 3.63) is 59.2 Å². The van der Waals surface area contributed by atoms with E-state index in [9.17, 15) is 9.59 Å². The second kappa shape index (κ2) is 9.09. The number of carbonyl (C=O) groups is 2. The third kappa shape index (κ3) is 5.35. The highest BCUT2D eigenvalue weighted by Crippen LogP contribution is 2.28. The molecule has 1 aromatic heterocycles. The van der Waals surface area contributed by atoms with E-state index in [1.165, 1.54) is 29.8 Å². The normalized spacial score (nSPS) is 10.8. The van der Waals surface area contributed by atoms with Crippen molar-refractivity contribution in [2.75, 3.05) is 16.4 Å². The Hall–Kier alpha value is -2.86. The van der Waals surface area contributed by atoms with Crippen LogP contribution in [0.1, 0.15) is 30.5 Å². The largest absolute Gasteiger partial charge is 0.326 e. The quantitative estimate of drug-likeness (QED) is 0.558. The lowest BCUT2D eigenvalue weighted by Gasteiger charge is -2.12. The van der Waals surface area contributed by atoms with Gasteiger partial charge in [-0.05, 0) is 67.3 Å². The molecule has 6 heteroatoms. The van der Waals surface area contributed by atoms with Gasteiger partial charge in [0.25, 0.3) is 0 Å². The van der Waals surface area contributed by atoms with E-state index in [0.717, 1.165) is 27.9 Å². The maximum absolute atomic E-state index is 12.4. The van der Waals surface area contributed by atoms with Crippen LogP contribution in [0.4, 0.5) is 11.4 Å². The summed E-state index contributed by atoms with van der Waals surface area (Å²) in [7, 11) is 0. The van der Waals surface area contributed by atoms with Gasteiger partial charge in [-0.3, -0.25) is 9.59 Å². The molecule has 0 aliphatic rings. The molecular weight excluding hydrogens is 382 g/mol. The van der Waals surface area contributed by atoms with Crippen molar-refractivity contribution < 1.29 is 9.59 Å². The molecule has 2 aromatic carbocycles. The number of carbonyl (C=O) groups excluding carboxylic acids is 2. The summed E-state index contributed by atoms with van der Waals surface area (Å²) in [6, 6.07) is 13.5. The molecule has 0 bridgehead atoms. The Labute approximate surface area is 175 Å². The predicted molar refractivity (Wildman–Crippen MR) is 121 cm³/mol. The van der Waals surface area contributed by atoms with E-state index in [2.05, 4.69) is 49.6 Å². The van der Waals surface area contributed by atoms with Gasteiger partial charge in [0, 0.05) is 23.7 Å². The first-order valence-corrected chi connectivity index (χ1v) is 10.6. The number of hydrogen-bond donors (Lipinski definition) is 2. The van der Waals surface area contributed by atoms with Crippen molar-refractivity contribution in [3.8, 4) is 0 Å². The Morgan fingerprint density at radius 1 is 1.03 bits per heavy atom. The summed E-state index contributed by atoms with van der Waals surface area (Å²) in [5.74, 6) is 0.00374. The first-order valence-electron chi connectivity index (χ1n) is 9.57. The number of amides is 2. The van der Waals surface area contributed by atoms with Crippen molar-refractivity contribution in [2.45, 2.75) is 39.1 Å². The zero-order valence-corrected chi connectivity index (χ0v) is 17.9. The lowest BCUT2D eigenvalue weighted by atomic mass is 10.0. The lowest BCUT2D eigenvalue weighted by Crippen LogP contribution is -2.15. The van der Waals surface area contributed by atoms with Crippen LogP contribution in [0.3, 0.4) is 0 Å². The van der Waals surface area contributed by atoms with Gasteiger partial charge in [-0.1, -0.05) is 30.8 Å². The Bertz CT molecular complexity index is 1080. The summed E-state index contributed by atoms with van der Waals surface area (Å²) in [5.41, 5.74) is 5.81. The predicted octanol–water partition coefficient (Wildman–Crippen LogP) is 5.10. The Kier molecular flexibility index (Phi) is 6.54. The molecule has 3 rings (SSSR count). The average molecular weight is 408 g/mol. The van der Waals surface area contributed by atoms with Crippen LogP contribution in [-0.2, 0) is 16.0 Å². The highest BCUT2D eigenvalue weighted by Gasteiger charge is 2.11. The molecule has 1 heterocycles. The molecule has 0 unspecified atom stereocenters. The summed E-state index contributed by atoms with van der Waals surface area (Å²) in [6.07, 6.45) is 0.860. The summed E-state index contributed by atoms with van der Waals surface area (Å²) >= 11 is 1.45. The zero-order chi connectivity index (χ0) is 21.0. The minimum Gasteiger partial charge on any atom is -0.326 e. The molecule has 5 nitrogen and oxygen atoms in total. The fourth-order valence-electron chi connectivity index (χ4n) is 3.24. The van der Waals surface area contributed by atoms with E-state index < -0.39 is 0 Å². The van der Waals surface area contributed by atoms with Crippen LogP contribution in [0.2, 0.25) is 0 Å². The van der Waals surface area contributed by atoms with E-state index >= 15 is 0 Å². The Balaban J connectivity index is 1.73. The SMILES string of the molecule is CCc1cc2c(C)cc(C)cc2nc1SCC(=O)Nc1cccc(NC(C)=O)c1. The van der Waals surface area contributed by atoms with Gasteiger partial charge in [0.1, 0.15) is 5.03 Å². The minimum atomic E-state index is -0.149. The molecule has 29 heavy (non-hydrogen) atoms. The standard InChI is InChI=1S/C23H25N3O2S/c1-5-17-11-20-15(3)9-14(2)10-21(20)26-23(17)29-13-22(28)25-19-8-6-7-18(12-19)24-16(4)27/h6-12H,5,13H2,1-4H3,(H,24,27)(H,25,28). The fourth-order valence-corrected chi connectivity index (χ4v) is 4.13. The molecule has 0 saturated heterocycles. The zero-order valence-electron chi connectivity index (χ0n) is 17.1. The van der Waals surface area contributed by atoms with Crippen molar-refractivity contribution >= 4 is 45.9 Å². The van der Waals surface area contributed by atoms with Crippen LogP contribution >= 0.6 is 11.8 Å². The third-order valence-corrected chi connectivity index (χ3v) is 5.55. The van der Waals surface area contributed by atoms with Crippen LogP contribution < -0.4 is 10.6 Å². The van der Waals surface area contributed by atoms with Crippen molar-refractivity contribution in [1.82, 2.24) is 4.98 Å². The fraction of sp³-hybridized carbons (Fsp3) is 0.261. The highest BCUT2D eigenvalue weighted by atomic mass is 32.2. The highest BCUT2D eigenvalue weighted by molar-refractivity contribution is 8.00. The number of pyridine rings is 1. The second-order valence-corrected chi connectivity index (χ2v) is 8.02. The summed E-state index contributed by atoms with van der Waals surface area (Å²) in [4.78, 5) is 28.5. The van der Waals surface area contributed by atoms with Gasteiger partial charge in [-0.2, -0.15) is 0 Å². The number of benzene rings is 2. The molecule has 0 atom stereocenters. The van der Waals surface area contributed by atoms with E-state index in [1.54, 1.807) is 24.3 Å². The smallest absolute Gasteiger partial charge is 0.234 e. The number of fused-ring (bicyclic) bond motifs is 1. The number of thioether (sulfide) groups is 1. The van der Waals surface area contributed by atoms with Gasteiger partial charge in [0.05, 0.1) is 11.3 Å². The molecule has 150 valence electrons. The van der Waals surface area contributed by atoms with Crippen LogP contribution in [0.5, 0.6) is 0 Å². The first-order chi connectivity index (χ1) is 13.9. The number of nitrogens with zero attached hydrogens (tertiary/aromatic N) is 1. The van der Waals surface area contributed by atoms with E-state index in [4.69, 9.17) is 4.98 Å². The number of rotatable bonds is 6. The maximum Gasteiger partial charge on any atom is 0.234 e. The van der Waals surface area contributed by atoms with Gasteiger partial charge in [-0.15, -0.1) is 0 Å². The van der Waals surface area contributed by atoms with Gasteiger partial charge < -0.3 is 10.6 Å². The number of hydrogen-bond acceptors (Lipinski definition) is 4. The molecule has 0 aliphatic carbocycles. The van der Waals surface area contributed by atoms with Gasteiger partial charge in [-0.25, -0.2) is 4.98 Å². The molecule has 0 radical (unpaired) electrons. The summed E-state index contributed by atoms with van der Waals surface area (Å²) < 4.78 is 0. The van der Waals surface area contributed by atoms with E-state index in [0.29, 0.717) is 11.4 Å². The van der Waals surface area contributed by atoms with Crippen molar-refractivity contribution in [3.63, 3.8) is 0 Å². The molecule has 0 spiro atoms. The molecule has 3 aromatic rings. The molecule has 2 amide bonds. The van der Waals surface area contributed by atoms with E-state index in [1.807, 2.05) is 0 Å². The summed E-state index contributed by atoms with van der Waals surface area (Å²) in [5, 5.41) is 7.65. The molecule has 2 N–H and O–H groups in total. The first kappa shape index (κ1) is 20.9. The second-order valence-electron chi connectivity index (χ2n) is 7.05. The maximum atomic E-state index is 12.4. The Morgan fingerprint density at radius 2 is 1.76 bits per heavy atom. The van der Waals surface area contributed by atoms with Crippen molar-refractivity contribution in [2.24, 2.45) is 0 Å². The van der Waals surface area contributed by atoms with Gasteiger partial charge in [0.2, 0.25) is 11.8 Å². The molecular formula is C23H25N3O2S. The van der Waals surface area contributed by atoms with Gasteiger partial charge >= 0.3 is 0 Å². The van der Waals surface area contributed by atoms with Crippen LogP contribution in [0.15, 0.2) is 47.5 Å². The van der Waals surface area contributed by atoms with Crippen LogP contribution in [0, 0.1) is 13.8 Å². The van der Waals surface area contributed by atoms with Crippen LogP contribution in [0.25, 0.3) is 10.9 Å². The number of aryl methyl sites for hydroxylation is 3. The molecule has 0 saturated carbocycles. The average Bonchev–Trinajstić information content (AvgIpc) is 2.65. The number of anilines is 2. The third-order valence-electron chi connectivity index (χ3n) is 4.51. The van der Waals surface area contributed by atoms with Crippen molar-refractivity contribution in [1.29, 1.82) is 0 Å². The van der Waals surface area contributed by atoms with Gasteiger partial charge in [0.15, 0.2) is 0 Å². The number of aromatic nitrogens is 1. The molecule has 0 fully saturated rings. The minimum absolute atomic E-state index is 0.112. The lowest BCUT2D eigenvalue weighted by molar-refractivity contribution is -0.114. The monoisotopic (exact) mass is 407 g/mol.